The molecular formula is C8H14O4. The monoisotopic (exact) mass is 174 g/mol. The predicted octanol–water partition coefficient (Wildman–Crippen LogP) is 0.655. The van der Waals surface area contributed by atoms with Gasteiger partial charge in [0.15, 0.2) is 0 Å². The molecule has 70 valence electrons. The van der Waals surface area contributed by atoms with Gasteiger partial charge in [0.1, 0.15) is 0 Å². The highest BCUT2D eigenvalue weighted by molar-refractivity contribution is 5.67. The first-order valence-corrected chi connectivity index (χ1v) is 4.10. The molecule has 0 aromatic rings. The van der Waals surface area contributed by atoms with E-state index in [1.807, 2.05) is 0 Å². The zero-order valence-electron chi connectivity index (χ0n) is 7.16. The fraction of sp³-hybridized carbons (Fsp3) is 0.875. The lowest BCUT2D eigenvalue weighted by Crippen LogP contribution is -2.37. The minimum absolute atomic E-state index is 0.0402. The van der Waals surface area contributed by atoms with Crippen LogP contribution in [0.4, 0.5) is 0 Å². The third-order valence-electron chi connectivity index (χ3n) is 2.06. The number of hydrogen-bond acceptors (Lipinski definition) is 3. The van der Waals surface area contributed by atoms with Crippen LogP contribution in [0.2, 0.25) is 0 Å². The van der Waals surface area contributed by atoms with Crippen molar-refractivity contribution in [1.29, 1.82) is 0 Å². The van der Waals surface area contributed by atoms with E-state index in [2.05, 4.69) is 0 Å². The van der Waals surface area contributed by atoms with Crippen LogP contribution in [0.25, 0.3) is 0 Å². The molecule has 1 rings (SSSR count). The minimum atomic E-state index is -0.830. The fourth-order valence-electron chi connectivity index (χ4n) is 1.44. The molecule has 0 radical (unpaired) electrons. The summed E-state index contributed by atoms with van der Waals surface area (Å²) < 4.78 is 10.4. The van der Waals surface area contributed by atoms with Gasteiger partial charge in [0.2, 0.25) is 0 Å². The van der Waals surface area contributed by atoms with E-state index in [0.717, 1.165) is 12.8 Å². The van der Waals surface area contributed by atoms with Crippen LogP contribution in [-0.2, 0) is 14.3 Å². The lowest BCUT2D eigenvalue weighted by Gasteiger charge is -2.29. The standard InChI is InChI=1S/C8H14O4/c1-11-6-3-2-4-12-7(6)5-8(9)10/h6-7H,2-5H2,1H3,(H,9,10). The van der Waals surface area contributed by atoms with Crippen LogP contribution in [0.3, 0.4) is 0 Å². The number of carboxylic acid groups (broad SMARTS) is 1. The molecule has 1 aliphatic rings. The van der Waals surface area contributed by atoms with Crippen molar-refractivity contribution in [2.24, 2.45) is 0 Å². The second kappa shape index (κ2) is 4.42. The van der Waals surface area contributed by atoms with E-state index in [-0.39, 0.29) is 18.6 Å². The Kier molecular flexibility index (Phi) is 3.49. The van der Waals surface area contributed by atoms with Gasteiger partial charge in [-0.25, -0.2) is 0 Å². The highest BCUT2D eigenvalue weighted by Gasteiger charge is 2.27. The minimum Gasteiger partial charge on any atom is -0.481 e. The number of hydrogen-bond donors (Lipinski definition) is 1. The average Bonchev–Trinajstić information content (AvgIpc) is 2.04. The molecule has 0 spiro atoms. The van der Waals surface area contributed by atoms with Gasteiger partial charge in [0, 0.05) is 13.7 Å². The first kappa shape index (κ1) is 9.48. The van der Waals surface area contributed by atoms with Crippen LogP contribution in [0, 0.1) is 0 Å². The first-order chi connectivity index (χ1) is 5.74. The summed E-state index contributed by atoms with van der Waals surface area (Å²) in [6.07, 6.45) is 1.58. The Morgan fingerprint density at radius 1 is 1.75 bits per heavy atom. The number of carboxylic acids is 1. The molecule has 1 fully saturated rings. The van der Waals surface area contributed by atoms with Crippen LogP contribution in [0.5, 0.6) is 0 Å². The van der Waals surface area contributed by atoms with Crippen molar-refractivity contribution in [2.75, 3.05) is 13.7 Å². The molecule has 4 nitrogen and oxygen atoms in total. The van der Waals surface area contributed by atoms with Gasteiger partial charge in [-0.05, 0) is 12.8 Å². The summed E-state index contributed by atoms with van der Waals surface area (Å²) in [5.41, 5.74) is 0. The maximum Gasteiger partial charge on any atom is 0.306 e. The highest BCUT2D eigenvalue weighted by atomic mass is 16.5. The molecule has 0 saturated carbocycles. The number of aliphatic carboxylic acids is 1. The molecule has 4 heteroatoms. The third-order valence-corrected chi connectivity index (χ3v) is 2.06. The number of methoxy groups -OCH3 is 1. The molecule has 0 aliphatic carbocycles. The van der Waals surface area contributed by atoms with E-state index in [1.165, 1.54) is 0 Å². The molecule has 12 heavy (non-hydrogen) atoms. The summed E-state index contributed by atoms with van der Waals surface area (Å²) in [6.45, 7) is 0.651. The second-order valence-corrected chi connectivity index (χ2v) is 2.92. The van der Waals surface area contributed by atoms with Crippen LogP contribution < -0.4 is 0 Å². The molecule has 2 atom stereocenters. The Morgan fingerprint density at radius 3 is 3.08 bits per heavy atom. The summed E-state index contributed by atoms with van der Waals surface area (Å²) >= 11 is 0. The molecule has 1 aliphatic heterocycles. The summed E-state index contributed by atoms with van der Waals surface area (Å²) in [5, 5.41) is 8.54. The van der Waals surface area contributed by atoms with Gasteiger partial charge < -0.3 is 14.6 Å². The van der Waals surface area contributed by atoms with Crippen LogP contribution in [0.1, 0.15) is 19.3 Å². The summed E-state index contributed by atoms with van der Waals surface area (Å²) in [5.74, 6) is -0.830. The smallest absolute Gasteiger partial charge is 0.306 e. The summed E-state index contributed by atoms with van der Waals surface area (Å²) in [4.78, 5) is 10.4. The molecule has 0 bridgehead atoms. The normalized spacial score (nSPS) is 30.1. The number of rotatable bonds is 3. The number of carbonyl (C=O) groups is 1. The van der Waals surface area contributed by atoms with Crippen LogP contribution in [0.15, 0.2) is 0 Å². The molecule has 1 N–H and O–H groups in total. The molecule has 1 saturated heterocycles. The van der Waals surface area contributed by atoms with E-state index in [0.29, 0.717) is 6.61 Å². The predicted molar refractivity (Wildman–Crippen MR) is 42.0 cm³/mol. The zero-order chi connectivity index (χ0) is 8.97. The number of ether oxygens (including phenoxy) is 2. The largest absolute Gasteiger partial charge is 0.481 e. The Bertz CT molecular complexity index is 157. The molecule has 2 unspecified atom stereocenters. The lowest BCUT2D eigenvalue weighted by molar-refractivity contribution is -0.147. The van der Waals surface area contributed by atoms with Gasteiger partial charge in [-0.15, -0.1) is 0 Å². The molecule has 1 heterocycles. The van der Waals surface area contributed by atoms with Crippen molar-refractivity contribution in [3.05, 3.63) is 0 Å². The topological polar surface area (TPSA) is 55.8 Å². The van der Waals surface area contributed by atoms with E-state index in [9.17, 15) is 4.79 Å². The maximum absolute atomic E-state index is 10.4. The van der Waals surface area contributed by atoms with Crippen molar-refractivity contribution in [2.45, 2.75) is 31.5 Å². The van der Waals surface area contributed by atoms with Gasteiger partial charge in [0.25, 0.3) is 0 Å². The molecule has 0 aromatic heterocycles. The molecule has 0 amide bonds. The Labute approximate surface area is 71.5 Å². The van der Waals surface area contributed by atoms with Crippen molar-refractivity contribution in [1.82, 2.24) is 0 Å². The SMILES string of the molecule is COC1CCCOC1CC(=O)O. The van der Waals surface area contributed by atoms with Crippen LogP contribution in [-0.4, -0.2) is 37.0 Å². The Morgan fingerprint density at radius 2 is 2.50 bits per heavy atom. The highest BCUT2D eigenvalue weighted by Crippen LogP contribution is 2.18. The fourth-order valence-corrected chi connectivity index (χ4v) is 1.44. The lowest BCUT2D eigenvalue weighted by atomic mass is 10.0. The van der Waals surface area contributed by atoms with Gasteiger partial charge in [-0.1, -0.05) is 0 Å². The second-order valence-electron chi connectivity index (χ2n) is 2.92. The van der Waals surface area contributed by atoms with Gasteiger partial charge >= 0.3 is 5.97 Å². The third kappa shape index (κ3) is 2.46. The Balaban J connectivity index is 2.41. The van der Waals surface area contributed by atoms with E-state index in [1.54, 1.807) is 7.11 Å². The quantitative estimate of drug-likeness (QED) is 0.682. The molecular weight excluding hydrogens is 160 g/mol. The van der Waals surface area contributed by atoms with E-state index >= 15 is 0 Å². The van der Waals surface area contributed by atoms with Gasteiger partial charge in [-0.3, -0.25) is 4.79 Å². The van der Waals surface area contributed by atoms with E-state index in [4.69, 9.17) is 14.6 Å². The van der Waals surface area contributed by atoms with Gasteiger partial charge in [0.05, 0.1) is 18.6 Å². The van der Waals surface area contributed by atoms with Crippen LogP contribution >= 0.6 is 0 Å². The Hall–Kier alpha value is -0.610. The van der Waals surface area contributed by atoms with E-state index < -0.39 is 5.97 Å². The van der Waals surface area contributed by atoms with Crippen molar-refractivity contribution in [3.63, 3.8) is 0 Å². The average molecular weight is 174 g/mol. The van der Waals surface area contributed by atoms with Crippen molar-refractivity contribution in [3.8, 4) is 0 Å². The zero-order valence-corrected chi connectivity index (χ0v) is 7.16. The summed E-state index contributed by atoms with van der Waals surface area (Å²) in [6, 6.07) is 0. The maximum atomic E-state index is 10.4. The molecule has 0 aromatic carbocycles. The van der Waals surface area contributed by atoms with Crippen molar-refractivity contribution < 1.29 is 19.4 Å². The van der Waals surface area contributed by atoms with Crippen molar-refractivity contribution >= 4 is 5.97 Å². The first-order valence-electron chi connectivity index (χ1n) is 4.10. The van der Waals surface area contributed by atoms with Gasteiger partial charge in [-0.2, -0.15) is 0 Å². The summed E-state index contributed by atoms with van der Waals surface area (Å²) in [7, 11) is 1.59.